The number of nitrogens with zero attached hydrogens (tertiary/aromatic N) is 2. The largest absolute Gasteiger partial charge is 0.340 e. The molecule has 2 fully saturated rings. The molecule has 1 saturated carbocycles. The van der Waals surface area contributed by atoms with Crippen LogP contribution in [-0.2, 0) is 4.79 Å². The highest BCUT2D eigenvalue weighted by atomic mass is 35.5. The summed E-state index contributed by atoms with van der Waals surface area (Å²) in [6, 6.07) is 10.3. The highest BCUT2D eigenvalue weighted by Crippen LogP contribution is 2.64. The highest BCUT2D eigenvalue weighted by molar-refractivity contribution is 6.53. The third-order valence-corrected chi connectivity index (χ3v) is 5.96. The first-order valence-electron chi connectivity index (χ1n) is 8.03. The van der Waals surface area contributed by atoms with Gasteiger partial charge < -0.3 is 4.90 Å². The lowest BCUT2D eigenvalue weighted by Gasteiger charge is -2.35. The van der Waals surface area contributed by atoms with Gasteiger partial charge in [-0.3, -0.25) is 9.69 Å². The van der Waals surface area contributed by atoms with Gasteiger partial charge in [0.05, 0.1) is 5.41 Å². The number of rotatable bonds is 4. The lowest BCUT2D eigenvalue weighted by molar-refractivity contribution is -0.138. The fourth-order valence-corrected chi connectivity index (χ4v) is 3.71. The molecular formula is C18H22Cl2N2O. The molecule has 1 heterocycles. The van der Waals surface area contributed by atoms with Gasteiger partial charge in [0.15, 0.2) is 0 Å². The van der Waals surface area contributed by atoms with E-state index in [1.54, 1.807) is 0 Å². The maximum atomic E-state index is 12.5. The van der Waals surface area contributed by atoms with Gasteiger partial charge in [-0.15, -0.1) is 23.2 Å². The smallest absolute Gasteiger partial charge is 0.231 e. The van der Waals surface area contributed by atoms with Gasteiger partial charge in [-0.05, 0) is 18.9 Å². The topological polar surface area (TPSA) is 23.6 Å². The quantitative estimate of drug-likeness (QED) is 0.775. The van der Waals surface area contributed by atoms with Crippen LogP contribution in [0.1, 0.15) is 18.9 Å². The zero-order valence-corrected chi connectivity index (χ0v) is 14.9. The summed E-state index contributed by atoms with van der Waals surface area (Å²) in [5.41, 5.74) is 0.620. The molecule has 0 N–H and O–H groups in total. The molecule has 0 spiro atoms. The maximum absolute atomic E-state index is 12.5. The third-order valence-electron chi connectivity index (χ3n) is 4.86. The van der Waals surface area contributed by atoms with E-state index >= 15 is 0 Å². The second-order valence-corrected chi connectivity index (χ2v) is 8.10. The lowest BCUT2D eigenvalue weighted by Crippen LogP contribution is -2.51. The van der Waals surface area contributed by atoms with Crippen molar-refractivity contribution in [2.24, 2.45) is 5.41 Å². The summed E-state index contributed by atoms with van der Waals surface area (Å²) in [5, 5.41) is 0. The van der Waals surface area contributed by atoms with Gasteiger partial charge in [-0.1, -0.05) is 42.5 Å². The summed E-state index contributed by atoms with van der Waals surface area (Å²) in [6.45, 7) is 6.04. The molecule has 1 aliphatic carbocycles. The van der Waals surface area contributed by atoms with E-state index < -0.39 is 9.75 Å². The molecule has 1 saturated heterocycles. The third kappa shape index (κ3) is 3.57. The fourth-order valence-electron chi connectivity index (χ4n) is 3.02. The van der Waals surface area contributed by atoms with Crippen molar-refractivity contribution in [3.8, 4) is 0 Å². The van der Waals surface area contributed by atoms with Crippen LogP contribution in [-0.4, -0.2) is 52.8 Å². The Bertz CT molecular complexity index is 594. The summed E-state index contributed by atoms with van der Waals surface area (Å²) >= 11 is 12.2. The van der Waals surface area contributed by atoms with Crippen LogP contribution in [0.2, 0.25) is 0 Å². The van der Waals surface area contributed by atoms with Crippen molar-refractivity contribution in [2.45, 2.75) is 17.7 Å². The molecule has 1 atom stereocenters. The second kappa shape index (κ2) is 6.46. The molecule has 1 aromatic carbocycles. The van der Waals surface area contributed by atoms with Crippen molar-refractivity contribution in [3.05, 3.63) is 42.0 Å². The number of piperazine rings is 1. The number of amides is 1. The number of hydrogen-bond donors (Lipinski definition) is 0. The van der Waals surface area contributed by atoms with Crippen LogP contribution in [0.3, 0.4) is 0 Å². The van der Waals surface area contributed by atoms with Gasteiger partial charge in [0, 0.05) is 32.7 Å². The van der Waals surface area contributed by atoms with E-state index in [0.717, 1.165) is 32.7 Å². The number of alkyl halides is 2. The van der Waals surface area contributed by atoms with Gasteiger partial charge in [0.2, 0.25) is 5.91 Å². The fraction of sp³-hybridized carbons (Fsp3) is 0.500. The van der Waals surface area contributed by atoms with Gasteiger partial charge in [-0.25, -0.2) is 0 Å². The zero-order valence-electron chi connectivity index (χ0n) is 13.3. The van der Waals surface area contributed by atoms with Crippen molar-refractivity contribution in [1.82, 2.24) is 9.80 Å². The van der Waals surface area contributed by atoms with Crippen LogP contribution in [0.4, 0.5) is 0 Å². The predicted octanol–water partition coefficient (Wildman–Crippen LogP) is 3.43. The molecule has 5 heteroatoms. The van der Waals surface area contributed by atoms with Crippen molar-refractivity contribution >= 4 is 35.2 Å². The number of carbonyl (C=O) groups excluding carboxylic acids is 1. The summed E-state index contributed by atoms with van der Waals surface area (Å²) < 4.78 is -0.875. The van der Waals surface area contributed by atoms with Crippen LogP contribution in [0, 0.1) is 5.41 Å². The minimum atomic E-state index is -0.875. The molecule has 0 radical (unpaired) electrons. The van der Waals surface area contributed by atoms with Crippen molar-refractivity contribution in [3.63, 3.8) is 0 Å². The van der Waals surface area contributed by atoms with E-state index in [-0.39, 0.29) is 5.91 Å². The number of halogens is 2. The Hall–Kier alpha value is -1.03. The Morgan fingerprint density at radius 1 is 1.17 bits per heavy atom. The first-order chi connectivity index (χ1) is 10.9. The van der Waals surface area contributed by atoms with E-state index in [4.69, 9.17) is 23.2 Å². The Morgan fingerprint density at radius 2 is 1.78 bits per heavy atom. The van der Waals surface area contributed by atoms with Crippen molar-refractivity contribution < 1.29 is 4.79 Å². The molecule has 3 nitrogen and oxygen atoms in total. The molecule has 23 heavy (non-hydrogen) atoms. The van der Waals surface area contributed by atoms with Crippen LogP contribution < -0.4 is 0 Å². The SMILES string of the molecule is CC1(C(=O)N2CCN(C/C=C/c3ccccc3)CC2)CC1(Cl)Cl. The number of benzene rings is 1. The monoisotopic (exact) mass is 352 g/mol. The van der Waals surface area contributed by atoms with E-state index in [1.165, 1.54) is 5.56 Å². The molecule has 124 valence electrons. The average Bonchev–Trinajstić information content (AvgIpc) is 3.08. The number of carbonyl (C=O) groups is 1. The Labute approximate surface area is 147 Å². The van der Waals surface area contributed by atoms with Crippen molar-refractivity contribution in [2.75, 3.05) is 32.7 Å². The van der Waals surface area contributed by atoms with E-state index in [9.17, 15) is 4.79 Å². The van der Waals surface area contributed by atoms with Crippen LogP contribution >= 0.6 is 23.2 Å². The van der Waals surface area contributed by atoms with E-state index in [1.807, 2.05) is 30.0 Å². The summed E-state index contributed by atoms with van der Waals surface area (Å²) in [7, 11) is 0. The van der Waals surface area contributed by atoms with Gasteiger partial charge >= 0.3 is 0 Å². The standard InChI is InChI=1S/C18H22Cl2N2O/c1-17(14-18(17,19)20)16(23)22-12-10-21(11-13-22)9-5-8-15-6-3-2-4-7-15/h2-8H,9-14H2,1H3/b8-5+. The normalized spacial score (nSPS) is 27.3. The molecule has 1 amide bonds. The maximum Gasteiger partial charge on any atom is 0.231 e. The first kappa shape index (κ1) is 16.8. The average molecular weight is 353 g/mol. The van der Waals surface area contributed by atoms with Crippen LogP contribution in [0.15, 0.2) is 36.4 Å². The zero-order chi connectivity index (χ0) is 16.5. The first-order valence-corrected chi connectivity index (χ1v) is 8.79. The predicted molar refractivity (Wildman–Crippen MR) is 95.7 cm³/mol. The lowest BCUT2D eigenvalue weighted by atomic mass is 10.1. The molecule has 1 aliphatic heterocycles. The van der Waals surface area contributed by atoms with Gasteiger partial charge in [-0.2, -0.15) is 0 Å². The van der Waals surface area contributed by atoms with Crippen LogP contribution in [0.5, 0.6) is 0 Å². The molecule has 2 aliphatic rings. The molecule has 0 aromatic heterocycles. The Kier molecular flexibility index (Phi) is 4.73. The van der Waals surface area contributed by atoms with Gasteiger partial charge in [0.25, 0.3) is 0 Å². The summed E-state index contributed by atoms with van der Waals surface area (Å²) in [4.78, 5) is 16.8. The molecular weight excluding hydrogens is 331 g/mol. The minimum Gasteiger partial charge on any atom is -0.340 e. The molecule has 1 aromatic rings. The van der Waals surface area contributed by atoms with Gasteiger partial charge in [0.1, 0.15) is 4.33 Å². The van der Waals surface area contributed by atoms with E-state index in [0.29, 0.717) is 6.42 Å². The summed E-state index contributed by atoms with van der Waals surface area (Å²) in [5.74, 6) is 0.0991. The minimum absolute atomic E-state index is 0.0991. The second-order valence-electron chi connectivity index (χ2n) is 6.62. The van der Waals surface area contributed by atoms with Crippen LogP contribution in [0.25, 0.3) is 6.08 Å². The highest BCUT2D eigenvalue weighted by Gasteiger charge is 2.68. The summed E-state index contributed by atoms with van der Waals surface area (Å²) in [6.07, 6.45) is 4.87. The van der Waals surface area contributed by atoms with E-state index in [2.05, 4.69) is 29.2 Å². The Morgan fingerprint density at radius 3 is 2.35 bits per heavy atom. The Balaban J connectivity index is 1.46. The molecule has 3 rings (SSSR count). The van der Waals surface area contributed by atoms with Crippen molar-refractivity contribution in [1.29, 1.82) is 0 Å². The molecule has 1 unspecified atom stereocenters. The molecule has 0 bridgehead atoms. The number of hydrogen-bond acceptors (Lipinski definition) is 2.